The summed E-state index contributed by atoms with van der Waals surface area (Å²) in [6.45, 7) is 0. The highest BCUT2D eigenvalue weighted by Gasteiger charge is 2.31. The molecule has 0 spiro atoms. The van der Waals surface area contributed by atoms with Gasteiger partial charge in [0.05, 0.1) is 5.56 Å². The molecule has 2 saturated carbocycles. The molecule has 0 aromatic heterocycles. The van der Waals surface area contributed by atoms with Gasteiger partial charge in [0, 0.05) is 0 Å². The highest BCUT2D eigenvalue weighted by atomic mass is 32.2. The van der Waals surface area contributed by atoms with Gasteiger partial charge in [0.25, 0.3) is 10.1 Å². The van der Waals surface area contributed by atoms with Gasteiger partial charge >= 0.3 is 5.97 Å². The van der Waals surface area contributed by atoms with E-state index < -0.39 is 16.1 Å². The van der Waals surface area contributed by atoms with Gasteiger partial charge in [0.2, 0.25) is 0 Å². The lowest BCUT2D eigenvalue weighted by Crippen LogP contribution is -2.16. The van der Waals surface area contributed by atoms with E-state index in [9.17, 15) is 22.9 Å². The molecule has 166 valence electrons. The summed E-state index contributed by atoms with van der Waals surface area (Å²) in [6, 6.07) is 10.6. The van der Waals surface area contributed by atoms with Crippen molar-refractivity contribution in [2.45, 2.75) is 80.9 Å². The van der Waals surface area contributed by atoms with Gasteiger partial charge in [-0.3, -0.25) is 4.55 Å². The Morgan fingerprint density at radius 2 is 1.19 bits per heavy atom. The van der Waals surface area contributed by atoms with Gasteiger partial charge in [-0.25, -0.2) is 4.79 Å². The van der Waals surface area contributed by atoms with Crippen molar-refractivity contribution >= 4 is 16.1 Å². The zero-order chi connectivity index (χ0) is 22.0. The largest absolute Gasteiger partial charge is 0.478 e. The average molecular weight is 443 g/mol. The first-order chi connectivity index (χ1) is 14.8. The van der Waals surface area contributed by atoms with Gasteiger partial charge < -0.3 is 5.11 Å². The second-order valence-electron chi connectivity index (χ2n) is 9.01. The van der Waals surface area contributed by atoms with Gasteiger partial charge in [0.15, 0.2) is 0 Å². The Bertz CT molecular complexity index is 1000. The van der Waals surface area contributed by atoms with Crippen LogP contribution < -0.4 is 0 Å². The molecular weight excluding hydrogens is 412 g/mol. The van der Waals surface area contributed by atoms with E-state index in [0.29, 0.717) is 0 Å². The van der Waals surface area contributed by atoms with E-state index in [1.807, 2.05) is 12.1 Å². The molecule has 0 radical (unpaired) electrons. The van der Waals surface area contributed by atoms with Gasteiger partial charge in [-0.2, -0.15) is 8.42 Å². The van der Waals surface area contributed by atoms with E-state index in [1.54, 1.807) is 24.3 Å². The first kappa shape index (κ1) is 22.0. The Morgan fingerprint density at radius 1 is 0.742 bits per heavy atom. The maximum atomic E-state index is 12.6. The Hall–Kier alpha value is -2.18. The Kier molecular flexibility index (Phi) is 6.49. The van der Waals surface area contributed by atoms with Crippen LogP contribution in [0.1, 0.15) is 97.5 Å². The predicted molar refractivity (Wildman–Crippen MR) is 120 cm³/mol. The molecule has 2 aliphatic rings. The maximum Gasteiger partial charge on any atom is 0.335 e. The molecule has 0 saturated heterocycles. The van der Waals surface area contributed by atoms with Crippen molar-refractivity contribution in [2.24, 2.45) is 0 Å². The summed E-state index contributed by atoms with van der Waals surface area (Å²) in [5.41, 5.74) is 3.45. The fourth-order valence-corrected chi connectivity index (χ4v) is 6.42. The number of aromatic carboxylic acids is 1. The van der Waals surface area contributed by atoms with Crippen molar-refractivity contribution in [1.82, 2.24) is 0 Å². The Morgan fingerprint density at radius 3 is 1.58 bits per heavy atom. The molecule has 2 aliphatic carbocycles. The molecule has 0 bridgehead atoms. The molecule has 2 fully saturated rings. The first-order valence-electron chi connectivity index (χ1n) is 11.3. The third kappa shape index (κ3) is 4.85. The van der Waals surface area contributed by atoms with Crippen LogP contribution in [0.5, 0.6) is 0 Å². The van der Waals surface area contributed by atoms with Crippen molar-refractivity contribution in [3.63, 3.8) is 0 Å². The van der Waals surface area contributed by atoms with Gasteiger partial charge in [-0.05, 0) is 84.0 Å². The molecule has 2 aromatic rings. The van der Waals surface area contributed by atoms with E-state index in [2.05, 4.69) is 0 Å². The summed E-state index contributed by atoms with van der Waals surface area (Å²) >= 11 is 0. The lowest BCUT2D eigenvalue weighted by atomic mass is 9.78. The van der Waals surface area contributed by atoms with Crippen LogP contribution >= 0.6 is 0 Å². The third-order valence-corrected chi connectivity index (χ3v) is 7.95. The lowest BCUT2D eigenvalue weighted by Gasteiger charge is -2.29. The van der Waals surface area contributed by atoms with Crippen LogP contribution in [0.4, 0.5) is 0 Å². The second-order valence-corrected chi connectivity index (χ2v) is 10.4. The molecule has 31 heavy (non-hydrogen) atoms. The van der Waals surface area contributed by atoms with Crippen molar-refractivity contribution in [2.75, 3.05) is 0 Å². The van der Waals surface area contributed by atoms with Crippen LogP contribution in [0.15, 0.2) is 41.3 Å². The summed E-state index contributed by atoms with van der Waals surface area (Å²) in [6.07, 6.45) is 10.3. The summed E-state index contributed by atoms with van der Waals surface area (Å²) in [4.78, 5) is 11.4. The summed E-state index contributed by atoms with van der Waals surface area (Å²) in [7, 11) is -4.36. The van der Waals surface area contributed by atoms with Gasteiger partial charge in [-0.1, -0.05) is 50.7 Å². The van der Waals surface area contributed by atoms with Crippen molar-refractivity contribution < 1.29 is 22.9 Å². The molecule has 0 amide bonds. The molecule has 5 nitrogen and oxygen atoms in total. The van der Waals surface area contributed by atoms with Crippen LogP contribution in [-0.4, -0.2) is 24.0 Å². The normalized spacial score (nSPS) is 18.7. The van der Waals surface area contributed by atoms with Crippen LogP contribution in [0, 0.1) is 0 Å². The molecule has 2 aromatic carbocycles. The SMILES string of the molecule is O=C(O)c1ccc(-c2cc(C3CCCCC3)c(S(=O)(=O)O)c(C3CCCCC3)c2)cc1. The topological polar surface area (TPSA) is 91.7 Å². The minimum Gasteiger partial charge on any atom is -0.478 e. The molecule has 0 atom stereocenters. The smallest absolute Gasteiger partial charge is 0.335 e. The van der Waals surface area contributed by atoms with E-state index >= 15 is 0 Å². The molecule has 2 N–H and O–H groups in total. The quantitative estimate of drug-likeness (QED) is 0.523. The van der Waals surface area contributed by atoms with Crippen LogP contribution in [-0.2, 0) is 10.1 Å². The molecule has 0 heterocycles. The number of hydrogen-bond acceptors (Lipinski definition) is 3. The Balaban J connectivity index is 1.90. The van der Waals surface area contributed by atoms with Crippen LogP contribution in [0.3, 0.4) is 0 Å². The van der Waals surface area contributed by atoms with Gasteiger partial charge in [0.1, 0.15) is 4.90 Å². The van der Waals surface area contributed by atoms with Crippen LogP contribution in [0.25, 0.3) is 11.1 Å². The number of carboxylic acids is 1. The summed E-state index contributed by atoms with van der Waals surface area (Å²) < 4.78 is 35.5. The van der Waals surface area contributed by atoms with E-state index in [-0.39, 0.29) is 22.3 Å². The fourth-order valence-electron chi connectivity index (χ4n) is 5.38. The molecule has 6 heteroatoms. The minimum atomic E-state index is -4.36. The van der Waals surface area contributed by atoms with Crippen molar-refractivity contribution in [3.05, 3.63) is 53.1 Å². The molecule has 0 aliphatic heterocycles. The minimum absolute atomic E-state index is 0.117. The van der Waals surface area contributed by atoms with Crippen LogP contribution in [0.2, 0.25) is 0 Å². The monoisotopic (exact) mass is 442 g/mol. The highest BCUT2D eigenvalue weighted by Crippen LogP contribution is 2.44. The third-order valence-electron chi connectivity index (χ3n) is 6.96. The van der Waals surface area contributed by atoms with Crippen molar-refractivity contribution in [3.8, 4) is 11.1 Å². The highest BCUT2D eigenvalue weighted by molar-refractivity contribution is 7.86. The fraction of sp³-hybridized carbons (Fsp3) is 0.480. The van der Waals surface area contributed by atoms with E-state index in [0.717, 1.165) is 86.5 Å². The summed E-state index contributed by atoms with van der Waals surface area (Å²) in [5, 5.41) is 9.21. The standard InChI is InChI=1S/C25H30O5S/c26-25(27)20-13-11-17(12-14-20)21-15-22(18-7-3-1-4-8-18)24(31(28,29)30)23(16-21)19-9-5-2-6-10-19/h11-16,18-19H,1-10H2,(H,26,27)(H,28,29,30). The predicted octanol–water partition coefficient (Wildman–Crippen LogP) is 6.39. The van der Waals surface area contributed by atoms with E-state index in [1.165, 1.54) is 0 Å². The van der Waals surface area contributed by atoms with Crippen molar-refractivity contribution in [1.29, 1.82) is 0 Å². The first-order valence-corrected chi connectivity index (χ1v) is 12.8. The number of benzene rings is 2. The maximum absolute atomic E-state index is 12.6. The number of rotatable bonds is 5. The zero-order valence-corrected chi connectivity index (χ0v) is 18.5. The lowest BCUT2D eigenvalue weighted by molar-refractivity contribution is 0.0697. The number of carbonyl (C=O) groups is 1. The molecule has 0 unspecified atom stereocenters. The average Bonchev–Trinajstić information content (AvgIpc) is 2.79. The number of hydrogen-bond donors (Lipinski definition) is 2. The van der Waals surface area contributed by atoms with E-state index in [4.69, 9.17) is 0 Å². The molecule has 4 rings (SSSR count). The summed E-state index contributed by atoms with van der Waals surface area (Å²) in [5.74, 6) is -0.739. The Labute approximate surface area is 184 Å². The zero-order valence-electron chi connectivity index (χ0n) is 17.7. The second kappa shape index (κ2) is 9.13. The number of carboxylic acid groups (broad SMARTS) is 1. The molecular formula is C25H30O5S. The van der Waals surface area contributed by atoms with Gasteiger partial charge in [-0.15, -0.1) is 0 Å².